The van der Waals surface area contributed by atoms with Crippen LogP contribution in [-0.4, -0.2) is 37.9 Å². The molecule has 0 aromatic heterocycles. The Morgan fingerprint density at radius 3 is 2.19 bits per heavy atom. The molecule has 0 unspecified atom stereocenters. The van der Waals surface area contributed by atoms with E-state index in [4.69, 9.17) is 5.11 Å². The highest BCUT2D eigenvalue weighted by Gasteiger charge is 2.40. The zero-order valence-corrected chi connectivity index (χ0v) is 9.64. The van der Waals surface area contributed by atoms with Gasteiger partial charge in [0.25, 0.3) is 0 Å². The Bertz CT molecular complexity index is 247. The Balaban J connectivity index is 2.70. The van der Waals surface area contributed by atoms with Gasteiger partial charge in [0, 0.05) is 6.61 Å². The third-order valence-corrected chi connectivity index (χ3v) is 3.22. The van der Waals surface area contributed by atoms with E-state index in [1.54, 1.807) is 0 Å². The van der Waals surface area contributed by atoms with Crippen LogP contribution >= 0.6 is 0 Å². The highest BCUT2D eigenvalue weighted by molar-refractivity contribution is 5.95. The van der Waals surface area contributed by atoms with Crippen molar-refractivity contribution in [2.75, 3.05) is 20.8 Å². The summed E-state index contributed by atoms with van der Waals surface area (Å²) >= 11 is 0. The molecule has 1 rings (SSSR count). The largest absolute Gasteiger partial charge is 0.468 e. The zero-order valence-electron chi connectivity index (χ0n) is 9.64. The van der Waals surface area contributed by atoms with Crippen molar-refractivity contribution in [1.29, 1.82) is 0 Å². The van der Waals surface area contributed by atoms with Gasteiger partial charge in [-0.25, -0.2) is 0 Å². The number of esters is 2. The minimum atomic E-state index is -0.841. The molecule has 0 saturated heterocycles. The van der Waals surface area contributed by atoms with Gasteiger partial charge >= 0.3 is 11.9 Å². The first-order valence-corrected chi connectivity index (χ1v) is 5.40. The quantitative estimate of drug-likeness (QED) is 0.557. The number of methoxy groups -OCH3 is 2. The first-order valence-electron chi connectivity index (χ1n) is 5.40. The molecule has 1 aliphatic carbocycles. The molecule has 5 heteroatoms. The van der Waals surface area contributed by atoms with Gasteiger partial charge in [-0.05, 0) is 31.1 Å². The number of ether oxygens (including phenoxy) is 2. The molecule has 0 radical (unpaired) electrons. The predicted molar refractivity (Wildman–Crippen MR) is 55.4 cm³/mol. The van der Waals surface area contributed by atoms with Crippen LogP contribution < -0.4 is 0 Å². The zero-order chi connectivity index (χ0) is 12.1. The first kappa shape index (κ1) is 13.0. The second kappa shape index (κ2) is 5.84. The summed E-state index contributed by atoms with van der Waals surface area (Å²) in [6, 6.07) is 0. The van der Waals surface area contributed by atoms with Crippen LogP contribution in [0.4, 0.5) is 0 Å². The second-order valence-corrected chi connectivity index (χ2v) is 4.15. The van der Waals surface area contributed by atoms with E-state index in [1.165, 1.54) is 14.2 Å². The molecule has 2 atom stereocenters. The lowest BCUT2D eigenvalue weighted by Gasteiger charge is -2.18. The van der Waals surface area contributed by atoms with Gasteiger partial charge < -0.3 is 14.6 Å². The molecule has 1 saturated carbocycles. The van der Waals surface area contributed by atoms with Gasteiger partial charge in [0.05, 0.1) is 14.2 Å². The Morgan fingerprint density at radius 1 is 1.25 bits per heavy atom. The van der Waals surface area contributed by atoms with E-state index in [1.807, 2.05) is 0 Å². The van der Waals surface area contributed by atoms with Crippen LogP contribution in [-0.2, 0) is 19.1 Å². The summed E-state index contributed by atoms with van der Waals surface area (Å²) in [5, 5.41) is 9.02. The van der Waals surface area contributed by atoms with Crippen LogP contribution in [0.2, 0.25) is 0 Å². The van der Waals surface area contributed by atoms with Crippen molar-refractivity contribution >= 4 is 11.9 Å². The predicted octanol–water partition coefficient (Wildman–Crippen LogP) is 0.357. The highest BCUT2D eigenvalue weighted by Crippen LogP contribution is 2.36. The lowest BCUT2D eigenvalue weighted by molar-refractivity contribution is -0.161. The third-order valence-electron chi connectivity index (χ3n) is 3.22. The molecule has 0 bridgehead atoms. The summed E-state index contributed by atoms with van der Waals surface area (Å²) in [4.78, 5) is 23.0. The topological polar surface area (TPSA) is 72.8 Å². The number of aliphatic hydroxyl groups excluding tert-OH is 1. The van der Waals surface area contributed by atoms with Crippen LogP contribution in [0.3, 0.4) is 0 Å². The first-order chi connectivity index (χ1) is 7.63. The van der Waals surface area contributed by atoms with Crippen molar-refractivity contribution in [1.82, 2.24) is 0 Å². The molecule has 0 spiro atoms. The number of rotatable bonds is 4. The van der Waals surface area contributed by atoms with Crippen LogP contribution in [0, 0.1) is 17.8 Å². The van der Waals surface area contributed by atoms with Gasteiger partial charge in [-0.1, -0.05) is 0 Å². The highest BCUT2D eigenvalue weighted by atomic mass is 16.5. The maximum Gasteiger partial charge on any atom is 0.320 e. The van der Waals surface area contributed by atoms with Crippen molar-refractivity contribution in [3.8, 4) is 0 Å². The van der Waals surface area contributed by atoms with E-state index in [-0.39, 0.29) is 18.4 Å². The molecular weight excluding hydrogens is 212 g/mol. The molecule has 0 amide bonds. The second-order valence-electron chi connectivity index (χ2n) is 4.15. The van der Waals surface area contributed by atoms with E-state index in [0.29, 0.717) is 6.42 Å². The number of carbonyl (C=O) groups excluding carboxylic acids is 2. The van der Waals surface area contributed by atoms with Gasteiger partial charge in [0.2, 0.25) is 0 Å². The van der Waals surface area contributed by atoms with Crippen molar-refractivity contribution in [3.05, 3.63) is 0 Å². The van der Waals surface area contributed by atoms with E-state index >= 15 is 0 Å². The Kier molecular flexibility index (Phi) is 4.73. The Morgan fingerprint density at radius 2 is 1.81 bits per heavy atom. The van der Waals surface area contributed by atoms with Crippen LogP contribution in [0.1, 0.15) is 19.3 Å². The minimum absolute atomic E-state index is 0.0722. The van der Waals surface area contributed by atoms with Crippen LogP contribution in [0.5, 0.6) is 0 Å². The summed E-state index contributed by atoms with van der Waals surface area (Å²) < 4.78 is 9.23. The third kappa shape index (κ3) is 2.72. The molecule has 0 aromatic carbocycles. The molecule has 1 N–H and O–H groups in total. The minimum Gasteiger partial charge on any atom is -0.468 e. The van der Waals surface area contributed by atoms with Crippen molar-refractivity contribution in [2.24, 2.45) is 17.8 Å². The molecular formula is C11H18O5. The van der Waals surface area contributed by atoms with E-state index < -0.39 is 17.9 Å². The Hall–Kier alpha value is -1.10. The van der Waals surface area contributed by atoms with Crippen molar-refractivity contribution in [2.45, 2.75) is 19.3 Å². The fourth-order valence-corrected chi connectivity index (χ4v) is 2.32. The maximum absolute atomic E-state index is 11.5. The molecule has 0 heterocycles. The van der Waals surface area contributed by atoms with Gasteiger partial charge in [-0.15, -0.1) is 0 Å². The SMILES string of the molecule is COC(=O)C(C(=O)OC)[C@H]1CC[C@@H](CO)C1. The molecule has 16 heavy (non-hydrogen) atoms. The number of aliphatic hydroxyl groups is 1. The van der Waals surface area contributed by atoms with E-state index in [9.17, 15) is 9.59 Å². The standard InChI is InChI=1S/C11H18O5/c1-15-10(13)9(11(14)16-2)8-4-3-7(5-8)6-12/h7-9,12H,3-6H2,1-2H3/t7-,8+/m1/s1. The van der Waals surface area contributed by atoms with Crippen LogP contribution in [0.15, 0.2) is 0 Å². The fraction of sp³-hybridized carbons (Fsp3) is 0.818. The number of hydrogen-bond donors (Lipinski definition) is 1. The molecule has 0 aliphatic heterocycles. The molecule has 92 valence electrons. The summed E-state index contributed by atoms with van der Waals surface area (Å²) in [6.45, 7) is 0.103. The molecule has 1 fully saturated rings. The number of carbonyl (C=O) groups is 2. The summed E-state index contributed by atoms with van der Waals surface area (Å²) in [6.07, 6.45) is 2.26. The maximum atomic E-state index is 11.5. The van der Waals surface area contributed by atoms with E-state index in [2.05, 4.69) is 9.47 Å². The summed E-state index contributed by atoms with van der Waals surface area (Å²) in [5.41, 5.74) is 0. The van der Waals surface area contributed by atoms with Gasteiger partial charge in [-0.2, -0.15) is 0 Å². The van der Waals surface area contributed by atoms with Gasteiger partial charge in [0.15, 0.2) is 5.92 Å². The lowest BCUT2D eigenvalue weighted by atomic mass is 9.90. The van der Waals surface area contributed by atoms with Crippen molar-refractivity contribution in [3.63, 3.8) is 0 Å². The average Bonchev–Trinajstić information content (AvgIpc) is 2.77. The van der Waals surface area contributed by atoms with E-state index in [0.717, 1.165) is 12.8 Å². The number of hydrogen-bond acceptors (Lipinski definition) is 5. The average molecular weight is 230 g/mol. The monoisotopic (exact) mass is 230 g/mol. The fourth-order valence-electron chi connectivity index (χ4n) is 2.32. The van der Waals surface area contributed by atoms with Gasteiger partial charge in [0.1, 0.15) is 0 Å². The molecule has 0 aromatic rings. The summed E-state index contributed by atoms with van der Waals surface area (Å²) in [5.74, 6) is -1.82. The normalized spacial score (nSPS) is 24.5. The Labute approximate surface area is 94.7 Å². The summed E-state index contributed by atoms with van der Waals surface area (Å²) in [7, 11) is 2.52. The smallest absolute Gasteiger partial charge is 0.320 e. The van der Waals surface area contributed by atoms with Crippen LogP contribution in [0.25, 0.3) is 0 Å². The molecule has 5 nitrogen and oxygen atoms in total. The molecule has 1 aliphatic rings. The van der Waals surface area contributed by atoms with Crippen molar-refractivity contribution < 1.29 is 24.2 Å². The lowest BCUT2D eigenvalue weighted by Crippen LogP contribution is -2.32. The van der Waals surface area contributed by atoms with Gasteiger partial charge in [-0.3, -0.25) is 9.59 Å².